The lowest BCUT2D eigenvalue weighted by molar-refractivity contribution is 0.253. The zero-order chi connectivity index (χ0) is 19.9. The second-order valence-electron chi connectivity index (χ2n) is 7.10. The van der Waals surface area contributed by atoms with Gasteiger partial charge in [0.25, 0.3) is 0 Å². The van der Waals surface area contributed by atoms with Crippen LogP contribution in [0.25, 0.3) is 0 Å². The summed E-state index contributed by atoms with van der Waals surface area (Å²) in [6, 6.07) is 21.4. The Morgan fingerprint density at radius 2 is 1.21 bits per heavy atom. The van der Waals surface area contributed by atoms with Gasteiger partial charge in [-0.25, -0.2) is 0 Å². The van der Waals surface area contributed by atoms with Crippen LogP contribution < -0.4 is 9.47 Å². The van der Waals surface area contributed by atoms with Crippen LogP contribution in [0.1, 0.15) is 30.5 Å². The Kier molecular flexibility index (Phi) is 7.24. The highest BCUT2D eigenvalue weighted by atomic mass is 35.5. The molecule has 3 aromatic rings. The van der Waals surface area contributed by atoms with Crippen molar-refractivity contribution >= 4 is 23.2 Å². The van der Waals surface area contributed by atoms with Crippen molar-refractivity contribution < 1.29 is 9.47 Å². The quantitative estimate of drug-likeness (QED) is 0.383. The molecule has 146 valence electrons. The molecule has 0 heterocycles. The minimum atomic E-state index is 0.382. The molecule has 0 spiro atoms. The van der Waals surface area contributed by atoms with Crippen LogP contribution >= 0.6 is 23.2 Å². The van der Waals surface area contributed by atoms with Gasteiger partial charge in [0.1, 0.15) is 13.2 Å². The van der Waals surface area contributed by atoms with Gasteiger partial charge in [-0.1, -0.05) is 85.6 Å². The van der Waals surface area contributed by atoms with Gasteiger partial charge in [0.05, 0.1) is 0 Å². The molecule has 0 aromatic heterocycles. The molecule has 0 atom stereocenters. The lowest BCUT2D eigenvalue weighted by Gasteiger charge is -2.18. The maximum absolute atomic E-state index is 6.29. The van der Waals surface area contributed by atoms with E-state index in [1.165, 1.54) is 0 Å². The van der Waals surface area contributed by atoms with Crippen LogP contribution in [0.4, 0.5) is 0 Å². The SMILES string of the molecule is CC(C)Cc1cccc(OCc2ccccc2Cl)c1OCc1ccccc1Cl. The Morgan fingerprint density at radius 3 is 1.79 bits per heavy atom. The van der Waals surface area contributed by atoms with Crippen LogP contribution in [0.2, 0.25) is 10.0 Å². The molecule has 0 saturated heterocycles. The highest BCUT2D eigenvalue weighted by molar-refractivity contribution is 6.31. The van der Waals surface area contributed by atoms with Gasteiger partial charge in [0.2, 0.25) is 0 Å². The Balaban J connectivity index is 1.84. The predicted molar refractivity (Wildman–Crippen MR) is 117 cm³/mol. The Bertz CT molecular complexity index is 922. The first-order chi connectivity index (χ1) is 13.5. The van der Waals surface area contributed by atoms with E-state index in [0.717, 1.165) is 28.9 Å². The lowest BCUT2D eigenvalue weighted by Crippen LogP contribution is -2.05. The largest absolute Gasteiger partial charge is 0.485 e. The third-order valence-electron chi connectivity index (χ3n) is 4.36. The lowest BCUT2D eigenvalue weighted by atomic mass is 10.0. The molecule has 0 unspecified atom stereocenters. The molecule has 0 aliphatic carbocycles. The highest BCUT2D eigenvalue weighted by Gasteiger charge is 2.14. The van der Waals surface area contributed by atoms with E-state index in [1.807, 2.05) is 60.7 Å². The molecule has 2 nitrogen and oxygen atoms in total. The molecular formula is C24H24Cl2O2. The standard InChI is InChI=1S/C24H24Cl2O2/c1-17(2)14-18-10-7-13-23(27-15-19-8-3-5-11-21(19)25)24(18)28-16-20-9-4-6-12-22(20)26/h3-13,17H,14-16H2,1-2H3. The van der Waals surface area contributed by atoms with Gasteiger partial charge >= 0.3 is 0 Å². The number of rotatable bonds is 8. The van der Waals surface area contributed by atoms with Crippen LogP contribution in [0, 0.1) is 5.92 Å². The van der Waals surface area contributed by atoms with Crippen molar-refractivity contribution in [1.29, 1.82) is 0 Å². The minimum absolute atomic E-state index is 0.382. The van der Waals surface area contributed by atoms with E-state index in [9.17, 15) is 0 Å². The first kappa shape index (κ1) is 20.6. The van der Waals surface area contributed by atoms with Crippen molar-refractivity contribution in [2.24, 2.45) is 5.92 Å². The van der Waals surface area contributed by atoms with Gasteiger partial charge in [-0.15, -0.1) is 0 Å². The van der Waals surface area contributed by atoms with E-state index in [1.54, 1.807) is 0 Å². The molecule has 0 saturated carbocycles. The molecular weight excluding hydrogens is 391 g/mol. The van der Waals surface area contributed by atoms with Crippen molar-refractivity contribution in [3.8, 4) is 11.5 Å². The maximum atomic E-state index is 6.29. The third kappa shape index (κ3) is 5.43. The number of halogens is 2. The summed E-state index contributed by atoms with van der Waals surface area (Å²) in [5.41, 5.74) is 3.01. The van der Waals surface area contributed by atoms with Crippen LogP contribution in [-0.4, -0.2) is 0 Å². The molecule has 3 rings (SSSR count). The number of hydrogen-bond donors (Lipinski definition) is 0. The van der Waals surface area contributed by atoms with Crippen molar-refractivity contribution in [3.63, 3.8) is 0 Å². The van der Waals surface area contributed by atoms with Gasteiger partial charge in [-0.3, -0.25) is 0 Å². The minimum Gasteiger partial charge on any atom is -0.485 e. The Morgan fingerprint density at radius 1 is 0.679 bits per heavy atom. The summed E-state index contributed by atoms with van der Waals surface area (Å²) in [6.45, 7) is 5.15. The normalized spacial score (nSPS) is 10.9. The molecule has 4 heteroatoms. The molecule has 0 radical (unpaired) electrons. The Labute approximate surface area is 177 Å². The summed E-state index contributed by atoms with van der Waals surface area (Å²) in [5, 5.41) is 1.39. The fraction of sp³-hybridized carbons (Fsp3) is 0.250. The number of benzene rings is 3. The smallest absolute Gasteiger partial charge is 0.164 e. The van der Waals surface area contributed by atoms with E-state index < -0.39 is 0 Å². The summed E-state index contributed by atoms with van der Waals surface area (Å²) >= 11 is 12.6. The monoisotopic (exact) mass is 414 g/mol. The van der Waals surface area contributed by atoms with Gasteiger partial charge < -0.3 is 9.47 Å². The molecule has 0 aliphatic rings. The average molecular weight is 415 g/mol. The zero-order valence-corrected chi connectivity index (χ0v) is 17.6. The van der Waals surface area contributed by atoms with E-state index in [2.05, 4.69) is 19.9 Å². The van der Waals surface area contributed by atoms with E-state index >= 15 is 0 Å². The summed E-state index contributed by atoms with van der Waals surface area (Å²) in [6.07, 6.45) is 0.904. The zero-order valence-electron chi connectivity index (χ0n) is 16.1. The van der Waals surface area contributed by atoms with Gasteiger partial charge in [0, 0.05) is 21.2 Å². The molecule has 0 bridgehead atoms. The fourth-order valence-electron chi connectivity index (χ4n) is 2.98. The first-order valence-corrected chi connectivity index (χ1v) is 10.1. The fourth-order valence-corrected chi connectivity index (χ4v) is 3.36. The van der Waals surface area contributed by atoms with Crippen molar-refractivity contribution in [3.05, 3.63) is 93.5 Å². The first-order valence-electron chi connectivity index (χ1n) is 9.39. The average Bonchev–Trinajstić information content (AvgIpc) is 2.67. The van der Waals surface area contributed by atoms with E-state index in [-0.39, 0.29) is 0 Å². The van der Waals surface area contributed by atoms with Gasteiger partial charge in [-0.05, 0) is 36.1 Å². The van der Waals surface area contributed by atoms with Crippen molar-refractivity contribution in [2.45, 2.75) is 33.5 Å². The number of ether oxygens (including phenoxy) is 2. The van der Waals surface area contributed by atoms with Crippen molar-refractivity contribution in [1.82, 2.24) is 0 Å². The van der Waals surface area contributed by atoms with Gasteiger partial charge in [-0.2, -0.15) is 0 Å². The molecule has 0 fully saturated rings. The topological polar surface area (TPSA) is 18.5 Å². The van der Waals surface area contributed by atoms with Crippen molar-refractivity contribution in [2.75, 3.05) is 0 Å². The van der Waals surface area contributed by atoms with Crippen LogP contribution in [0.5, 0.6) is 11.5 Å². The molecule has 28 heavy (non-hydrogen) atoms. The number of para-hydroxylation sites is 1. The predicted octanol–water partition coefficient (Wildman–Crippen LogP) is 7.35. The summed E-state index contributed by atoms with van der Waals surface area (Å²) < 4.78 is 12.3. The molecule has 0 N–H and O–H groups in total. The summed E-state index contributed by atoms with van der Waals surface area (Å²) in [4.78, 5) is 0. The van der Waals surface area contributed by atoms with Crippen LogP contribution in [0.3, 0.4) is 0 Å². The highest BCUT2D eigenvalue weighted by Crippen LogP contribution is 2.35. The number of hydrogen-bond acceptors (Lipinski definition) is 2. The Hall–Kier alpha value is -2.16. The van der Waals surface area contributed by atoms with E-state index in [4.69, 9.17) is 32.7 Å². The molecule has 3 aromatic carbocycles. The third-order valence-corrected chi connectivity index (χ3v) is 5.10. The van der Waals surface area contributed by atoms with E-state index in [0.29, 0.717) is 34.9 Å². The second-order valence-corrected chi connectivity index (χ2v) is 7.92. The maximum Gasteiger partial charge on any atom is 0.164 e. The molecule has 0 aliphatic heterocycles. The summed E-state index contributed by atoms with van der Waals surface area (Å²) in [5.74, 6) is 1.98. The van der Waals surface area contributed by atoms with Gasteiger partial charge in [0.15, 0.2) is 11.5 Å². The second kappa shape index (κ2) is 9.86. The molecule has 0 amide bonds. The van der Waals surface area contributed by atoms with Crippen LogP contribution in [-0.2, 0) is 19.6 Å². The summed E-state index contributed by atoms with van der Waals surface area (Å²) in [7, 11) is 0. The van der Waals surface area contributed by atoms with Crippen LogP contribution in [0.15, 0.2) is 66.7 Å².